The Balaban J connectivity index is 1.50. The Kier molecular flexibility index (Phi) is 7.17. The van der Waals surface area contributed by atoms with E-state index in [1.165, 1.54) is 17.7 Å². The molecule has 0 aliphatic rings. The van der Waals surface area contributed by atoms with Crippen molar-refractivity contribution in [2.24, 2.45) is 0 Å². The molecule has 0 fully saturated rings. The smallest absolute Gasteiger partial charge is 0.229 e. The van der Waals surface area contributed by atoms with Crippen LogP contribution in [0.25, 0.3) is 10.2 Å². The second-order valence-electron chi connectivity index (χ2n) is 7.61. The molecule has 2 heterocycles. The molecule has 0 unspecified atom stereocenters. The zero-order valence-corrected chi connectivity index (χ0v) is 19.7. The quantitative estimate of drug-likeness (QED) is 0.219. The maximum Gasteiger partial charge on any atom is 0.229 e. The molecule has 2 aromatic carbocycles. The van der Waals surface area contributed by atoms with E-state index < -0.39 is 0 Å². The SMILES string of the molecule is Cc1ccc(C)c2sc(N(Cc3ccncc3)C(=O)CCCSc3ccc(F)cc3)nc12. The molecule has 1 amide bonds. The Labute approximate surface area is 195 Å². The van der Waals surface area contributed by atoms with Gasteiger partial charge in [-0.2, -0.15) is 0 Å². The van der Waals surface area contributed by atoms with Crippen LogP contribution in [0.1, 0.15) is 29.5 Å². The number of hydrogen-bond donors (Lipinski definition) is 0. The van der Waals surface area contributed by atoms with Gasteiger partial charge in [-0.25, -0.2) is 9.37 Å². The molecule has 0 spiro atoms. The minimum Gasteiger partial charge on any atom is -0.284 e. The number of carbonyl (C=O) groups excluding carboxylic acids is 1. The van der Waals surface area contributed by atoms with Gasteiger partial charge in [0.05, 0.1) is 16.8 Å². The van der Waals surface area contributed by atoms with Crippen LogP contribution in [0.2, 0.25) is 0 Å². The van der Waals surface area contributed by atoms with Crippen molar-refractivity contribution in [3.05, 3.63) is 83.4 Å². The van der Waals surface area contributed by atoms with E-state index in [1.54, 1.807) is 52.5 Å². The van der Waals surface area contributed by atoms with Gasteiger partial charge in [0.25, 0.3) is 0 Å². The Morgan fingerprint density at radius 2 is 1.75 bits per heavy atom. The number of aryl methyl sites for hydroxylation is 2. The van der Waals surface area contributed by atoms with Crippen LogP contribution in [0.3, 0.4) is 0 Å². The van der Waals surface area contributed by atoms with Gasteiger partial charge >= 0.3 is 0 Å². The topological polar surface area (TPSA) is 46.1 Å². The van der Waals surface area contributed by atoms with Gasteiger partial charge in [-0.1, -0.05) is 23.5 Å². The number of rotatable bonds is 8. The molecule has 0 aliphatic heterocycles. The van der Waals surface area contributed by atoms with Gasteiger partial charge < -0.3 is 0 Å². The lowest BCUT2D eigenvalue weighted by Gasteiger charge is -2.20. The van der Waals surface area contributed by atoms with Gasteiger partial charge in [0, 0.05) is 23.7 Å². The third-order valence-corrected chi connectivity index (χ3v) is 7.48. The molecule has 4 aromatic rings. The lowest BCUT2D eigenvalue weighted by Crippen LogP contribution is -2.30. The van der Waals surface area contributed by atoms with E-state index >= 15 is 0 Å². The monoisotopic (exact) mass is 465 g/mol. The molecule has 0 atom stereocenters. The van der Waals surface area contributed by atoms with E-state index in [-0.39, 0.29) is 11.7 Å². The summed E-state index contributed by atoms with van der Waals surface area (Å²) in [6.45, 7) is 4.59. The van der Waals surface area contributed by atoms with Crippen molar-refractivity contribution >= 4 is 44.4 Å². The number of thioether (sulfide) groups is 1. The molecular formula is C25H24FN3OS2. The average molecular weight is 466 g/mol. The standard InChI is InChI=1S/C25H24FN3OS2/c1-17-5-6-18(2)24-23(17)28-25(32-24)29(16-19-11-13-27-14-12-19)22(30)4-3-15-31-21-9-7-20(26)8-10-21/h5-14H,3-4,15-16H2,1-2H3. The van der Waals surface area contributed by atoms with Crippen LogP contribution in [0.15, 0.2) is 65.8 Å². The number of pyridine rings is 1. The second-order valence-corrected chi connectivity index (χ2v) is 9.76. The maximum absolute atomic E-state index is 13.3. The fourth-order valence-electron chi connectivity index (χ4n) is 3.38. The summed E-state index contributed by atoms with van der Waals surface area (Å²) in [6, 6.07) is 14.5. The first-order chi connectivity index (χ1) is 15.5. The van der Waals surface area contributed by atoms with Crippen LogP contribution in [0.5, 0.6) is 0 Å². The summed E-state index contributed by atoms with van der Waals surface area (Å²) in [5.41, 5.74) is 4.26. The summed E-state index contributed by atoms with van der Waals surface area (Å²) in [7, 11) is 0. The van der Waals surface area contributed by atoms with Gasteiger partial charge in [-0.3, -0.25) is 14.7 Å². The van der Waals surface area contributed by atoms with Crippen molar-refractivity contribution in [1.29, 1.82) is 0 Å². The Bertz CT molecular complexity index is 1170. The highest BCUT2D eigenvalue weighted by molar-refractivity contribution is 7.99. The van der Waals surface area contributed by atoms with Gasteiger partial charge in [0.15, 0.2) is 5.13 Å². The van der Waals surface area contributed by atoms with Gasteiger partial charge in [-0.05, 0) is 79.1 Å². The second kappa shape index (κ2) is 10.2. The third-order valence-electron chi connectivity index (χ3n) is 5.17. The summed E-state index contributed by atoms with van der Waals surface area (Å²) in [5.74, 6) is 0.604. The lowest BCUT2D eigenvalue weighted by atomic mass is 10.1. The van der Waals surface area contributed by atoms with Crippen molar-refractivity contribution in [1.82, 2.24) is 9.97 Å². The molecule has 0 aliphatic carbocycles. The van der Waals surface area contributed by atoms with Gasteiger partial charge in [0.1, 0.15) is 5.82 Å². The van der Waals surface area contributed by atoms with Crippen LogP contribution in [0, 0.1) is 19.7 Å². The number of halogens is 1. The van der Waals surface area contributed by atoms with Gasteiger partial charge in [0.2, 0.25) is 5.91 Å². The number of nitrogens with zero attached hydrogens (tertiary/aromatic N) is 3. The Hall–Kier alpha value is -2.77. The number of carbonyl (C=O) groups is 1. The number of thiazole rings is 1. The van der Waals surface area contributed by atoms with Crippen LogP contribution in [-0.2, 0) is 11.3 Å². The zero-order chi connectivity index (χ0) is 22.5. The highest BCUT2D eigenvalue weighted by Gasteiger charge is 2.21. The number of benzene rings is 2. The number of aromatic nitrogens is 2. The fourth-order valence-corrected chi connectivity index (χ4v) is 5.36. The van der Waals surface area contributed by atoms with Crippen LogP contribution in [-0.4, -0.2) is 21.6 Å². The summed E-state index contributed by atoms with van der Waals surface area (Å²) < 4.78 is 14.2. The molecule has 7 heteroatoms. The molecule has 2 aromatic heterocycles. The van der Waals surface area contributed by atoms with E-state index in [1.807, 2.05) is 19.1 Å². The molecule has 0 radical (unpaired) electrons. The van der Waals surface area contributed by atoms with E-state index in [9.17, 15) is 9.18 Å². The van der Waals surface area contributed by atoms with E-state index in [0.29, 0.717) is 13.0 Å². The predicted octanol–water partition coefficient (Wildman–Crippen LogP) is 6.55. The van der Waals surface area contributed by atoms with Crippen molar-refractivity contribution in [3.8, 4) is 0 Å². The fraction of sp³-hybridized carbons (Fsp3) is 0.240. The molecule has 0 saturated heterocycles. The van der Waals surface area contributed by atoms with E-state index in [4.69, 9.17) is 4.98 Å². The number of fused-ring (bicyclic) bond motifs is 1. The first kappa shape index (κ1) is 22.4. The van der Waals surface area contributed by atoms with E-state index in [0.717, 1.165) is 43.5 Å². The van der Waals surface area contributed by atoms with Crippen molar-refractivity contribution in [3.63, 3.8) is 0 Å². The molecule has 4 rings (SSSR count). The number of amides is 1. The third kappa shape index (κ3) is 5.34. The highest BCUT2D eigenvalue weighted by atomic mass is 32.2. The zero-order valence-electron chi connectivity index (χ0n) is 18.0. The molecule has 4 nitrogen and oxygen atoms in total. The molecular weight excluding hydrogens is 441 g/mol. The first-order valence-corrected chi connectivity index (χ1v) is 12.3. The summed E-state index contributed by atoms with van der Waals surface area (Å²) >= 11 is 3.20. The molecule has 0 saturated carbocycles. The average Bonchev–Trinajstić information content (AvgIpc) is 3.26. The molecule has 164 valence electrons. The molecule has 0 N–H and O–H groups in total. The predicted molar refractivity (Wildman–Crippen MR) is 131 cm³/mol. The number of anilines is 1. The first-order valence-electron chi connectivity index (χ1n) is 10.5. The lowest BCUT2D eigenvalue weighted by molar-refractivity contribution is -0.118. The Morgan fingerprint density at radius 1 is 1.03 bits per heavy atom. The van der Waals surface area contributed by atoms with Crippen LogP contribution >= 0.6 is 23.1 Å². The summed E-state index contributed by atoms with van der Waals surface area (Å²) in [6.07, 6.45) is 4.64. The van der Waals surface area contributed by atoms with Crippen molar-refractivity contribution in [2.75, 3.05) is 10.7 Å². The summed E-state index contributed by atoms with van der Waals surface area (Å²) in [5, 5.41) is 0.727. The normalized spacial score (nSPS) is 11.1. The van der Waals surface area contributed by atoms with Crippen LogP contribution in [0.4, 0.5) is 9.52 Å². The van der Waals surface area contributed by atoms with E-state index in [2.05, 4.69) is 24.0 Å². The largest absolute Gasteiger partial charge is 0.284 e. The minimum atomic E-state index is -0.238. The molecule has 0 bridgehead atoms. The van der Waals surface area contributed by atoms with Crippen molar-refractivity contribution < 1.29 is 9.18 Å². The summed E-state index contributed by atoms with van der Waals surface area (Å²) in [4.78, 5) is 25.0. The maximum atomic E-state index is 13.3. The number of hydrogen-bond acceptors (Lipinski definition) is 5. The highest BCUT2D eigenvalue weighted by Crippen LogP contribution is 2.34. The minimum absolute atomic E-state index is 0.0517. The van der Waals surface area contributed by atoms with Crippen LogP contribution < -0.4 is 4.90 Å². The van der Waals surface area contributed by atoms with Gasteiger partial charge in [-0.15, -0.1) is 11.8 Å². The van der Waals surface area contributed by atoms with Crippen molar-refractivity contribution in [2.45, 2.75) is 38.1 Å². The Morgan fingerprint density at radius 3 is 2.47 bits per heavy atom. The molecule has 32 heavy (non-hydrogen) atoms.